The van der Waals surface area contributed by atoms with Crippen molar-refractivity contribution in [2.45, 2.75) is 32.3 Å². The van der Waals surface area contributed by atoms with E-state index in [4.69, 9.17) is 0 Å². The Balaban J connectivity index is 1.13. The molecule has 8 rings (SSSR count). The first-order valence-electron chi connectivity index (χ1n) is 14.0. The van der Waals surface area contributed by atoms with Gasteiger partial charge >= 0.3 is 0 Å². The second-order valence-corrected chi connectivity index (χ2v) is 18.6. The van der Waals surface area contributed by atoms with E-state index in [0.717, 1.165) is 22.3 Å². The number of hydrogen-bond donors (Lipinski definition) is 2. The molecular weight excluding hydrogens is 673 g/mol. The summed E-state index contributed by atoms with van der Waals surface area (Å²) in [4.78, 5) is 54.3. The highest BCUT2D eigenvalue weighted by atomic mass is 33.5. The number of nitrogens with zero attached hydrogens (tertiary/aromatic N) is 4. The van der Waals surface area contributed by atoms with E-state index in [2.05, 4.69) is 0 Å². The fourth-order valence-corrected chi connectivity index (χ4v) is 15.5. The number of likely N-dealkylation sites (N-methyl/N-ethyl adjacent to an activating group) is 4. The Bertz CT molecular complexity index is 1590. The third-order valence-corrected chi connectivity index (χ3v) is 18.0. The Hall–Kier alpha value is -2.27. The van der Waals surface area contributed by atoms with Crippen molar-refractivity contribution in [2.75, 3.05) is 41.4 Å². The van der Waals surface area contributed by atoms with Gasteiger partial charge in [-0.3, -0.25) is 19.2 Å². The van der Waals surface area contributed by atoms with Crippen LogP contribution in [0.15, 0.2) is 48.5 Å². The van der Waals surface area contributed by atoms with E-state index < -0.39 is 32.7 Å². The van der Waals surface area contributed by atoms with Gasteiger partial charge < -0.3 is 29.8 Å². The number of hydrogen-bond acceptors (Lipinski definition) is 11. The van der Waals surface area contributed by atoms with Crippen LogP contribution in [-0.2, 0) is 32.0 Å². The van der Waals surface area contributed by atoms with Gasteiger partial charge in [-0.25, -0.2) is 0 Å². The van der Waals surface area contributed by atoms with E-state index in [1.165, 1.54) is 72.6 Å². The van der Waals surface area contributed by atoms with Crippen molar-refractivity contribution in [1.29, 1.82) is 0 Å². The molecule has 2 aromatic rings. The molecule has 4 amide bonds. The molecule has 6 aliphatic rings. The van der Waals surface area contributed by atoms with Crippen LogP contribution in [0.2, 0.25) is 0 Å². The van der Waals surface area contributed by atoms with Crippen molar-refractivity contribution in [1.82, 2.24) is 19.6 Å². The number of benzene rings is 2. The summed E-state index contributed by atoms with van der Waals surface area (Å²) in [6.07, 6.45) is 4.66. The van der Waals surface area contributed by atoms with Crippen LogP contribution < -0.4 is 0 Å². The molecule has 2 N–H and O–H groups in total. The molecule has 6 aliphatic heterocycles. The summed E-state index contributed by atoms with van der Waals surface area (Å²) in [7, 11) is 12.9. The number of rotatable bonds is 8. The van der Waals surface area contributed by atoms with Gasteiger partial charge in [0.25, 0.3) is 23.6 Å². The summed E-state index contributed by atoms with van der Waals surface area (Å²) < 4.78 is 0. The largest absolute Gasteiger partial charge is 0.392 e. The fraction of sp³-hybridized carbons (Fsp3) is 0.400. The fourth-order valence-electron chi connectivity index (χ4n) is 6.00. The van der Waals surface area contributed by atoms with Gasteiger partial charge in [0.15, 0.2) is 9.74 Å². The molecule has 0 unspecified atom stereocenters. The summed E-state index contributed by atoms with van der Waals surface area (Å²) in [6.45, 7) is -0.882. The molecule has 0 spiro atoms. The van der Waals surface area contributed by atoms with Crippen molar-refractivity contribution < 1.29 is 29.4 Å². The van der Waals surface area contributed by atoms with Crippen LogP contribution in [0.5, 0.6) is 0 Å². The maximum Gasteiger partial charge on any atom is 0.263 e. The molecule has 6 heterocycles. The topological polar surface area (TPSA) is 122 Å². The third kappa shape index (κ3) is 4.75. The van der Waals surface area contributed by atoms with Crippen molar-refractivity contribution >= 4 is 88.8 Å². The number of amides is 4. The minimum absolute atomic E-state index is 0.193. The van der Waals surface area contributed by atoms with Crippen molar-refractivity contribution in [2.24, 2.45) is 0 Å². The first kappa shape index (κ1) is 32.7. The number of aliphatic hydroxyl groups is 2. The first-order valence-corrected chi connectivity index (χ1v) is 19.7. The lowest BCUT2D eigenvalue weighted by Gasteiger charge is -2.58. The third-order valence-electron chi connectivity index (χ3n) is 9.13. The van der Waals surface area contributed by atoms with Crippen molar-refractivity contribution in [3.8, 4) is 0 Å². The molecule has 0 aromatic heterocycles. The van der Waals surface area contributed by atoms with E-state index in [-0.39, 0.29) is 23.6 Å². The SMILES string of the molecule is CN1C(=O)[C@]2(Cc3ccc(/C=C/c4ccc(C[C@@]56SS[C@@](CO)(C(=O)N5C)N(C)C6=O)cc4)cc3)SSS[C@@]1(CO)C(=O)N2C. The monoisotopic (exact) mass is 704 g/mol. The Morgan fingerprint density at radius 3 is 1.27 bits per heavy atom. The van der Waals surface area contributed by atoms with Gasteiger partial charge in [0.1, 0.15) is 0 Å². The smallest absolute Gasteiger partial charge is 0.263 e. The molecule has 0 saturated carbocycles. The molecule has 2 aromatic carbocycles. The average Bonchev–Trinajstić information content (AvgIpc) is 3.23. The summed E-state index contributed by atoms with van der Waals surface area (Å²) in [6, 6.07) is 15.7. The zero-order valence-corrected chi connectivity index (χ0v) is 29.0. The number of fused-ring (bicyclic) bond motifs is 7. The van der Waals surface area contributed by atoms with E-state index >= 15 is 0 Å². The second-order valence-electron chi connectivity index (χ2n) is 11.5. The number of carbonyl (C=O) groups excluding carboxylic acids is 4. The van der Waals surface area contributed by atoms with Gasteiger partial charge in [0.2, 0.25) is 9.74 Å². The molecule has 0 aliphatic carbocycles. The van der Waals surface area contributed by atoms with Crippen LogP contribution >= 0.6 is 53.0 Å². The Morgan fingerprint density at radius 1 is 0.533 bits per heavy atom. The highest BCUT2D eigenvalue weighted by molar-refractivity contribution is 9.10. The highest BCUT2D eigenvalue weighted by Gasteiger charge is 2.67. The summed E-state index contributed by atoms with van der Waals surface area (Å²) >= 11 is 0. The quantitative estimate of drug-likeness (QED) is 0.312. The lowest BCUT2D eigenvalue weighted by atomic mass is 9.96. The maximum atomic E-state index is 13.6. The molecule has 0 radical (unpaired) electrons. The summed E-state index contributed by atoms with van der Waals surface area (Å²) in [5.41, 5.74) is 3.76. The van der Waals surface area contributed by atoms with E-state index in [1.54, 1.807) is 28.2 Å². The Morgan fingerprint density at radius 2 is 0.844 bits per heavy atom. The maximum absolute atomic E-state index is 13.6. The zero-order chi connectivity index (χ0) is 32.4. The number of aliphatic hydroxyl groups excluding tert-OH is 2. The lowest BCUT2D eigenvalue weighted by Crippen LogP contribution is -2.77. The summed E-state index contributed by atoms with van der Waals surface area (Å²) in [5.74, 6) is -0.946. The standard InChI is InChI=1S/C30H32N4O6S5/c1-31-25(39)29(17-35)33(3)23(37)27(31,41-42-29)15-21-11-7-19(8-12-21)5-6-20-9-13-22(14-10-20)16-28-24(38)34(4)30(18-36,44-45-43-28)26(40)32(28)2/h5-14,35-36H,15-18H2,1-4H3/b6-5+/t27-,28-,29-,30-/m0/s1. The summed E-state index contributed by atoms with van der Waals surface area (Å²) in [5, 5.41) is 20.0. The van der Waals surface area contributed by atoms with Crippen LogP contribution in [0.1, 0.15) is 22.3 Å². The van der Waals surface area contributed by atoms with Gasteiger partial charge in [0.05, 0.1) is 13.2 Å². The Kier molecular flexibility index (Phi) is 8.53. The normalized spacial score (nSPS) is 31.5. The highest BCUT2D eigenvalue weighted by Crippen LogP contribution is 2.60. The van der Waals surface area contributed by atoms with Crippen LogP contribution in [-0.4, -0.2) is 114 Å². The van der Waals surface area contributed by atoms with Crippen molar-refractivity contribution in [3.05, 3.63) is 70.8 Å². The predicted octanol–water partition coefficient (Wildman–Crippen LogP) is 3.01. The van der Waals surface area contributed by atoms with Crippen LogP contribution in [0.4, 0.5) is 0 Å². The molecule has 10 nitrogen and oxygen atoms in total. The average molecular weight is 705 g/mol. The van der Waals surface area contributed by atoms with Gasteiger partial charge in [-0.15, -0.1) is 0 Å². The van der Waals surface area contributed by atoms with Crippen LogP contribution in [0, 0.1) is 0 Å². The second kappa shape index (κ2) is 11.8. The number of carbonyl (C=O) groups is 4. The van der Waals surface area contributed by atoms with Gasteiger partial charge in [0, 0.05) is 41.0 Å². The van der Waals surface area contributed by atoms with Gasteiger partial charge in [-0.2, -0.15) is 0 Å². The Labute approximate surface area is 280 Å². The van der Waals surface area contributed by atoms with Crippen LogP contribution in [0.25, 0.3) is 12.2 Å². The molecule has 4 bridgehead atoms. The molecule has 238 valence electrons. The van der Waals surface area contributed by atoms with Crippen LogP contribution in [0.3, 0.4) is 0 Å². The molecular formula is C30H32N4O6S5. The first-order chi connectivity index (χ1) is 21.4. The van der Waals surface area contributed by atoms with Crippen molar-refractivity contribution in [3.63, 3.8) is 0 Å². The van der Waals surface area contributed by atoms with Gasteiger partial charge in [-0.05, 0) is 64.5 Å². The minimum Gasteiger partial charge on any atom is -0.392 e. The van der Waals surface area contributed by atoms with E-state index in [9.17, 15) is 29.4 Å². The minimum atomic E-state index is -1.31. The molecule has 6 saturated heterocycles. The molecule has 6 fully saturated rings. The lowest BCUT2D eigenvalue weighted by molar-refractivity contribution is -0.165. The molecule has 4 atom stereocenters. The van der Waals surface area contributed by atoms with E-state index in [0.29, 0.717) is 12.8 Å². The van der Waals surface area contributed by atoms with Gasteiger partial charge in [-0.1, -0.05) is 71.5 Å². The molecule has 15 heteroatoms. The zero-order valence-electron chi connectivity index (χ0n) is 25.0. The predicted molar refractivity (Wildman–Crippen MR) is 183 cm³/mol. The molecule has 45 heavy (non-hydrogen) atoms. The number of piperazine rings is 2. The van der Waals surface area contributed by atoms with E-state index in [1.807, 2.05) is 60.7 Å².